The molecule has 1 aliphatic heterocycles. The zero-order chi connectivity index (χ0) is 30.2. The average molecular weight is 585 g/mol. The van der Waals surface area contributed by atoms with Crippen molar-refractivity contribution in [3.63, 3.8) is 0 Å². The number of hydrogen-bond acceptors (Lipinski definition) is 7. The minimum absolute atomic E-state index is 0.0764. The van der Waals surface area contributed by atoms with Crippen molar-refractivity contribution in [1.29, 1.82) is 0 Å². The standard InChI is InChI=1S/C32H36N6O5/c1-2-3-12-27(39)34-26-15-18-38(21-28(40)37-16-8-5-9-17-37)31(41)29(26)33-20-22-13-14-24(23-10-6-4-7-11-23)25(19-22)30-35-32(42)43-36-30/h4,6-7,10-11,13-15,18-19,33H,2-3,5,8-9,12,16-17,20-21H2,1H3,(H,34,39)(H,35,36,42). The third-order valence-corrected chi connectivity index (χ3v) is 7.54. The van der Waals surface area contributed by atoms with E-state index >= 15 is 0 Å². The van der Waals surface area contributed by atoms with Gasteiger partial charge in [-0.15, -0.1) is 0 Å². The lowest BCUT2D eigenvalue weighted by molar-refractivity contribution is -0.132. The van der Waals surface area contributed by atoms with Crippen LogP contribution in [0.15, 0.2) is 74.9 Å². The Kier molecular flexibility index (Phi) is 9.50. The van der Waals surface area contributed by atoms with Crippen LogP contribution in [0.2, 0.25) is 0 Å². The number of carbonyl (C=O) groups excluding carboxylic acids is 2. The molecule has 0 aliphatic carbocycles. The van der Waals surface area contributed by atoms with E-state index in [2.05, 4.69) is 20.8 Å². The lowest BCUT2D eigenvalue weighted by Gasteiger charge is -2.27. The molecule has 0 bridgehead atoms. The van der Waals surface area contributed by atoms with Crippen molar-refractivity contribution < 1.29 is 14.1 Å². The van der Waals surface area contributed by atoms with Gasteiger partial charge in [0, 0.05) is 37.8 Å². The molecule has 5 rings (SSSR count). The van der Waals surface area contributed by atoms with Gasteiger partial charge in [0.2, 0.25) is 11.8 Å². The number of H-pyrrole nitrogens is 1. The van der Waals surface area contributed by atoms with Gasteiger partial charge >= 0.3 is 5.76 Å². The Labute approximate surface area is 248 Å². The van der Waals surface area contributed by atoms with Crippen LogP contribution in [0.3, 0.4) is 0 Å². The van der Waals surface area contributed by atoms with Crippen molar-refractivity contribution in [2.24, 2.45) is 0 Å². The van der Waals surface area contributed by atoms with Crippen LogP contribution in [0.25, 0.3) is 22.5 Å². The summed E-state index contributed by atoms with van der Waals surface area (Å²) in [4.78, 5) is 55.4. The predicted octanol–water partition coefficient (Wildman–Crippen LogP) is 4.61. The van der Waals surface area contributed by atoms with E-state index < -0.39 is 11.3 Å². The van der Waals surface area contributed by atoms with Crippen LogP contribution in [0.5, 0.6) is 0 Å². The number of nitrogens with one attached hydrogen (secondary N) is 3. The number of rotatable bonds is 11. The first-order valence-corrected chi connectivity index (χ1v) is 14.7. The molecule has 11 nitrogen and oxygen atoms in total. The van der Waals surface area contributed by atoms with Gasteiger partial charge in [0.1, 0.15) is 12.2 Å². The second kappa shape index (κ2) is 13.8. The summed E-state index contributed by atoms with van der Waals surface area (Å²) in [5.74, 6) is -0.663. The smallest absolute Gasteiger partial charge is 0.375 e. The molecule has 2 aromatic carbocycles. The number of benzene rings is 2. The average Bonchev–Trinajstić information content (AvgIpc) is 3.47. The highest BCUT2D eigenvalue weighted by atomic mass is 16.5. The largest absolute Gasteiger partial charge is 0.439 e. The Morgan fingerprint density at radius 1 is 1.00 bits per heavy atom. The van der Waals surface area contributed by atoms with E-state index in [0.29, 0.717) is 30.8 Å². The molecule has 224 valence electrons. The first-order valence-electron chi connectivity index (χ1n) is 14.7. The number of aromatic amines is 1. The van der Waals surface area contributed by atoms with E-state index in [1.54, 1.807) is 17.2 Å². The fraction of sp³-hybridized carbons (Fsp3) is 0.344. The summed E-state index contributed by atoms with van der Waals surface area (Å²) in [5.41, 5.74) is 3.37. The Morgan fingerprint density at radius 2 is 1.79 bits per heavy atom. The zero-order valence-corrected chi connectivity index (χ0v) is 24.2. The molecule has 2 amide bonds. The molecule has 0 spiro atoms. The third-order valence-electron chi connectivity index (χ3n) is 7.54. The fourth-order valence-electron chi connectivity index (χ4n) is 5.22. The highest BCUT2D eigenvalue weighted by Gasteiger charge is 2.20. The number of amides is 2. The normalized spacial score (nSPS) is 13.1. The number of hydrogen-bond donors (Lipinski definition) is 3. The van der Waals surface area contributed by atoms with Gasteiger partial charge in [-0.25, -0.2) is 4.79 Å². The highest BCUT2D eigenvalue weighted by molar-refractivity contribution is 5.94. The van der Waals surface area contributed by atoms with Gasteiger partial charge in [-0.1, -0.05) is 61.0 Å². The number of pyridine rings is 1. The molecule has 3 N–H and O–H groups in total. The Bertz CT molecular complexity index is 1680. The Balaban J connectivity index is 1.44. The molecule has 43 heavy (non-hydrogen) atoms. The van der Waals surface area contributed by atoms with Crippen LogP contribution in [0.1, 0.15) is 51.0 Å². The monoisotopic (exact) mass is 584 g/mol. The number of unbranched alkanes of at least 4 members (excludes halogenated alkanes) is 1. The molecule has 1 saturated heterocycles. The molecule has 0 saturated carbocycles. The first-order chi connectivity index (χ1) is 20.9. The molecule has 0 unspecified atom stereocenters. The maximum atomic E-state index is 13.7. The molecular formula is C32H36N6O5. The molecule has 2 aromatic heterocycles. The van der Waals surface area contributed by atoms with Crippen molar-refractivity contribution in [2.45, 2.75) is 58.5 Å². The van der Waals surface area contributed by atoms with Crippen molar-refractivity contribution in [3.8, 4) is 22.5 Å². The van der Waals surface area contributed by atoms with Crippen molar-refractivity contribution in [1.82, 2.24) is 19.6 Å². The van der Waals surface area contributed by atoms with Gasteiger partial charge in [-0.05, 0) is 54.5 Å². The molecule has 0 radical (unpaired) electrons. The van der Waals surface area contributed by atoms with Crippen LogP contribution in [-0.4, -0.2) is 44.5 Å². The molecular weight excluding hydrogens is 548 g/mol. The number of piperidine rings is 1. The van der Waals surface area contributed by atoms with Gasteiger partial charge in [0.15, 0.2) is 5.82 Å². The zero-order valence-electron chi connectivity index (χ0n) is 24.2. The van der Waals surface area contributed by atoms with Gasteiger partial charge in [-0.3, -0.25) is 23.9 Å². The SMILES string of the molecule is CCCCC(=O)Nc1ccn(CC(=O)N2CCCCC2)c(=O)c1NCc1ccc(-c2ccccc2)c(-c2noc(=O)[nH]2)c1. The lowest BCUT2D eigenvalue weighted by Crippen LogP contribution is -2.39. The quantitative estimate of drug-likeness (QED) is 0.234. The number of likely N-dealkylation sites (tertiary alicyclic amines) is 1. The van der Waals surface area contributed by atoms with Crippen LogP contribution >= 0.6 is 0 Å². The number of aromatic nitrogens is 3. The summed E-state index contributed by atoms with van der Waals surface area (Å²) < 4.78 is 6.15. The van der Waals surface area contributed by atoms with E-state index in [4.69, 9.17) is 4.52 Å². The van der Waals surface area contributed by atoms with E-state index in [0.717, 1.165) is 48.8 Å². The molecule has 4 aromatic rings. The summed E-state index contributed by atoms with van der Waals surface area (Å²) in [5, 5.41) is 9.97. The second-order valence-corrected chi connectivity index (χ2v) is 10.7. The van der Waals surface area contributed by atoms with Gasteiger partial charge < -0.3 is 20.1 Å². The molecule has 3 heterocycles. The summed E-state index contributed by atoms with van der Waals surface area (Å²) in [7, 11) is 0. The van der Waals surface area contributed by atoms with E-state index in [9.17, 15) is 19.2 Å². The third kappa shape index (κ3) is 7.29. The Hall–Kier alpha value is -4.93. The number of anilines is 2. The highest BCUT2D eigenvalue weighted by Crippen LogP contribution is 2.31. The van der Waals surface area contributed by atoms with Crippen LogP contribution in [0, 0.1) is 0 Å². The molecule has 1 aliphatic rings. The van der Waals surface area contributed by atoms with Crippen LogP contribution in [0.4, 0.5) is 11.4 Å². The number of nitrogens with zero attached hydrogens (tertiary/aromatic N) is 3. The van der Waals surface area contributed by atoms with Gasteiger partial charge in [0.25, 0.3) is 5.56 Å². The van der Waals surface area contributed by atoms with Gasteiger partial charge in [-0.2, -0.15) is 0 Å². The summed E-state index contributed by atoms with van der Waals surface area (Å²) >= 11 is 0. The second-order valence-electron chi connectivity index (χ2n) is 10.7. The summed E-state index contributed by atoms with van der Waals surface area (Å²) in [6.45, 7) is 3.55. The molecule has 1 fully saturated rings. The van der Waals surface area contributed by atoms with Crippen LogP contribution < -0.4 is 21.9 Å². The molecule has 0 atom stereocenters. The van der Waals surface area contributed by atoms with Crippen molar-refractivity contribution >= 4 is 23.2 Å². The molecule has 11 heteroatoms. The summed E-state index contributed by atoms with van der Waals surface area (Å²) in [6.07, 6.45) is 6.52. The topological polar surface area (TPSA) is 142 Å². The Morgan fingerprint density at radius 3 is 2.51 bits per heavy atom. The van der Waals surface area contributed by atoms with Crippen molar-refractivity contribution in [2.75, 3.05) is 23.7 Å². The predicted molar refractivity (Wildman–Crippen MR) is 165 cm³/mol. The first kappa shape index (κ1) is 29.6. The van der Waals surface area contributed by atoms with Crippen molar-refractivity contribution in [3.05, 3.63) is 87.3 Å². The maximum Gasteiger partial charge on any atom is 0.439 e. The van der Waals surface area contributed by atoms with Gasteiger partial charge in [0.05, 0.1) is 5.69 Å². The minimum atomic E-state index is -0.662. The van der Waals surface area contributed by atoms with E-state index in [-0.39, 0.29) is 36.4 Å². The lowest BCUT2D eigenvalue weighted by atomic mass is 9.97. The van der Waals surface area contributed by atoms with Crippen LogP contribution in [-0.2, 0) is 22.7 Å². The number of carbonyl (C=O) groups is 2. The minimum Gasteiger partial charge on any atom is -0.375 e. The summed E-state index contributed by atoms with van der Waals surface area (Å²) in [6, 6.07) is 17.0. The fourth-order valence-corrected chi connectivity index (χ4v) is 5.22. The van der Waals surface area contributed by atoms with E-state index in [1.165, 1.54) is 4.57 Å². The van der Waals surface area contributed by atoms with E-state index in [1.807, 2.05) is 55.5 Å². The maximum absolute atomic E-state index is 13.7.